The van der Waals surface area contributed by atoms with Crippen LogP contribution in [0.2, 0.25) is 0 Å². The first-order valence-electron chi connectivity index (χ1n) is 8.65. The lowest BCUT2D eigenvalue weighted by Crippen LogP contribution is -2.50. The minimum atomic E-state index is 0.293. The minimum Gasteiger partial charge on any atom is -0.340 e. The van der Waals surface area contributed by atoms with E-state index in [1.807, 2.05) is 35.2 Å². The molecule has 0 atom stereocenters. The van der Waals surface area contributed by atoms with Gasteiger partial charge in [-0.1, -0.05) is 24.6 Å². The average Bonchev–Trinajstić information content (AvgIpc) is 3.03. The van der Waals surface area contributed by atoms with Crippen molar-refractivity contribution >= 4 is 5.91 Å². The van der Waals surface area contributed by atoms with Crippen LogP contribution < -0.4 is 0 Å². The maximum atomic E-state index is 12.3. The molecule has 1 aromatic carbocycles. The van der Waals surface area contributed by atoms with Crippen LogP contribution in [-0.2, 0) is 11.3 Å². The number of para-hydroxylation sites is 1. The highest BCUT2D eigenvalue weighted by Gasteiger charge is 2.31. The molecule has 4 rings (SSSR count). The van der Waals surface area contributed by atoms with E-state index in [0.29, 0.717) is 18.4 Å². The fourth-order valence-corrected chi connectivity index (χ4v) is 3.31. The van der Waals surface area contributed by atoms with Crippen LogP contribution in [0.25, 0.3) is 5.69 Å². The number of nitrogens with zero attached hydrogens (tertiary/aromatic N) is 6. The summed E-state index contributed by atoms with van der Waals surface area (Å²) in [5.41, 5.74) is 0.969. The lowest BCUT2D eigenvalue weighted by atomic mass is 9.84. The van der Waals surface area contributed by atoms with Crippen LogP contribution >= 0.6 is 0 Å². The van der Waals surface area contributed by atoms with Gasteiger partial charge in [-0.15, -0.1) is 5.10 Å². The molecule has 2 aliphatic rings. The number of benzene rings is 1. The summed E-state index contributed by atoms with van der Waals surface area (Å²) < 4.78 is 1.78. The lowest BCUT2D eigenvalue weighted by Gasteiger charge is -2.38. The molecule has 0 unspecified atom stereocenters. The summed E-state index contributed by atoms with van der Waals surface area (Å²) in [6, 6.07) is 9.92. The number of hydrogen-bond acceptors (Lipinski definition) is 5. The Balaban J connectivity index is 1.36. The summed E-state index contributed by atoms with van der Waals surface area (Å²) >= 11 is 0. The van der Waals surface area contributed by atoms with E-state index in [2.05, 4.69) is 20.4 Å². The van der Waals surface area contributed by atoms with Gasteiger partial charge < -0.3 is 4.90 Å². The normalized spacial score (nSPS) is 19.2. The molecule has 0 N–H and O–H groups in total. The van der Waals surface area contributed by atoms with Gasteiger partial charge in [0.25, 0.3) is 0 Å². The SMILES string of the molecule is O=C(C1CCC1)N1CCN(Cc2nnnn2-c2ccccc2)CC1. The van der Waals surface area contributed by atoms with Gasteiger partial charge in [-0.2, -0.15) is 4.68 Å². The van der Waals surface area contributed by atoms with E-state index < -0.39 is 0 Å². The Labute approximate surface area is 141 Å². The Bertz CT molecular complexity index is 688. The lowest BCUT2D eigenvalue weighted by molar-refractivity contribution is -0.140. The first-order chi connectivity index (χ1) is 11.8. The zero-order valence-corrected chi connectivity index (χ0v) is 13.7. The number of hydrogen-bond donors (Lipinski definition) is 0. The molecule has 1 aliphatic heterocycles. The van der Waals surface area contributed by atoms with E-state index in [1.165, 1.54) is 6.42 Å². The molecule has 7 heteroatoms. The summed E-state index contributed by atoms with van der Waals surface area (Å²) in [5, 5.41) is 12.1. The van der Waals surface area contributed by atoms with Crippen LogP contribution in [0.5, 0.6) is 0 Å². The van der Waals surface area contributed by atoms with E-state index in [0.717, 1.165) is 50.5 Å². The molecule has 1 aromatic heterocycles. The van der Waals surface area contributed by atoms with Crippen molar-refractivity contribution in [1.82, 2.24) is 30.0 Å². The predicted molar refractivity (Wildman–Crippen MR) is 88.4 cm³/mol. The Morgan fingerprint density at radius 1 is 1.08 bits per heavy atom. The highest BCUT2D eigenvalue weighted by molar-refractivity contribution is 5.79. The molecule has 0 spiro atoms. The molecule has 126 valence electrons. The first kappa shape index (κ1) is 15.3. The summed E-state index contributed by atoms with van der Waals surface area (Å²) in [6.07, 6.45) is 3.36. The molecule has 1 amide bonds. The molecule has 2 heterocycles. The minimum absolute atomic E-state index is 0.293. The third-order valence-corrected chi connectivity index (χ3v) is 5.04. The fraction of sp³-hybridized carbons (Fsp3) is 0.529. The van der Waals surface area contributed by atoms with Gasteiger partial charge in [0.15, 0.2) is 5.82 Å². The summed E-state index contributed by atoms with van der Waals surface area (Å²) in [4.78, 5) is 16.7. The standard InChI is InChI=1S/C17H22N6O/c24-17(14-5-4-6-14)22-11-9-21(10-12-22)13-16-18-19-20-23(16)15-7-2-1-3-8-15/h1-3,7-8,14H,4-6,9-13H2. The van der Waals surface area contributed by atoms with Gasteiger partial charge in [0.1, 0.15) is 0 Å². The van der Waals surface area contributed by atoms with Gasteiger partial charge in [-0.05, 0) is 35.4 Å². The predicted octanol–water partition coefficient (Wildman–Crippen LogP) is 1.11. The van der Waals surface area contributed by atoms with Crippen molar-refractivity contribution in [1.29, 1.82) is 0 Å². The molecule has 0 radical (unpaired) electrons. The second-order valence-electron chi connectivity index (χ2n) is 6.57. The zero-order chi connectivity index (χ0) is 16.4. The number of rotatable bonds is 4. The van der Waals surface area contributed by atoms with Crippen LogP contribution in [0.4, 0.5) is 0 Å². The van der Waals surface area contributed by atoms with Crippen LogP contribution in [-0.4, -0.2) is 62.1 Å². The van der Waals surface area contributed by atoms with E-state index >= 15 is 0 Å². The van der Waals surface area contributed by atoms with Gasteiger partial charge in [-0.3, -0.25) is 9.69 Å². The number of tetrazole rings is 1. The maximum absolute atomic E-state index is 12.3. The number of aromatic nitrogens is 4. The topological polar surface area (TPSA) is 67.2 Å². The third-order valence-electron chi connectivity index (χ3n) is 5.04. The van der Waals surface area contributed by atoms with Crippen molar-refractivity contribution in [2.75, 3.05) is 26.2 Å². The zero-order valence-electron chi connectivity index (χ0n) is 13.7. The largest absolute Gasteiger partial charge is 0.340 e. The Hall–Kier alpha value is -2.28. The van der Waals surface area contributed by atoms with Crippen LogP contribution in [0.3, 0.4) is 0 Å². The molecule has 1 saturated heterocycles. The van der Waals surface area contributed by atoms with Crippen molar-refractivity contribution in [3.8, 4) is 5.69 Å². The molecule has 1 aliphatic carbocycles. The van der Waals surface area contributed by atoms with Crippen molar-refractivity contribution in [3.05, 3.63) is 36.2 Å². The highest BCUT2D eigenvalue weighted by Crippen LogP contribution is 2.28. The number of carbonyl (C=O) groups is 1. The van der Waals surface area contributed by atoms with Crippen molar-refractivity contribution in [2.45, 2.75) is 25.8 Å². The van der Waals surface area contributed by atoms with Crippen LogP contribution in [0.1, 0.15) is 25.1 Å². The Morgan fingerprint density at radius 2 is 1.83 bits per heavy atom. The van der Waals surface area contributed by atoms with E-state index in [1.54, 1.807) is 4.68 Å². The Kier molecular flexibility index (Phi) is 4.25. The highest BCUT2D eigenvalue weighted by atomic mass is 16.2. The second-order valence-corrected chi connectivity index (χ2v) is 6.57. The quantitative estimate of drug-likeness (QED) is 0.842. The van der Waals surface area contributed by atoms with Crippen molar-refractivity contribution < 1.29 is 4.79 Å². The summed E-state index contributed by atoms with van der Waals surface area (Å²) in [5.74, 6) is 1.48. The molecule has 0 bridgehead atoms. The van der Waals surface area contributed by atoms with Crippen LogP contribution in [0, 0.1) is 5.92 Å². The van der Waals surface area contributed by atoms with Crippen molar-refractivity contribution in [3.63, 3.8) is 0 Å². The summed E-state index contributed by atoms with van der Waals surface area (Å²) in [7, 11) is 0. The molecule has 2 aromatic rings. The third kappa shape index (κ3) is 3.03. The number of amides is 1. The Morgan fingerprint density at radius 3 is 2.50 bits per heavy atom. The monoisotopic (exact) mass is 326 g/mol. The van der Waals surface area contributed by atoms with E-state index in [-0.39, 0.29) is 0 Å². The fourth-order valence-electron chi connectivity index (χ4n) is 3.31. The number of carbonyl (C=O) groups excluding carboxylic acids is 1. The maximum Gasteiger partial charge on any atom is 0.225 e. The van der Waals surface area contributed by atoms with Gasteiger partial charge in [0, 0.05) is 32.1 Å². The molecule has 2 fully saturated rings. The van der Waals surface area contributed by atoms with Crippen molar-refractivity contribution in [2.24, 2.45) is 5.92 Å². The van der Waals surface area contributed by atoms with E-state index in [9.17, 15) is 4.79 Å². The number of piperazine rings is 1. The van der Waals surface area contributed by atoms with Gasteiger partial charge in [0.05, 0.1) is 12.2 Å². The molecular formula is C17H22N6O. The first-order valence-corrected chi connectivity index (χ1v) is 8.65. The molecular weight excluding hydrogens is 304 g/mol. The van der Waals surface area contributed by atoms with Gasteiger partial charge in [0.2, 0.25) is 5.91 Å². The van der Waals surface area contributed by atoms with Gasteiger partial charge >= 0.3 is 0 Å². The summed E-state index contributed by atoms with van der Waals surface area (Å²) in [6.45, 7) is 4.07. The molecule has 24 heavy (non-hydrogen) atoms. The van der Waals surface area contributed by atoms with Crippen LogP contribution in [0.15, 0.2) is 30.3 Å². The smallest absolute Gasteiger partial charge is 0.225 e. The van der Waals surface area contributed by atoms with Gasteiger partial charge in [-0.25, -0.2) is 0 Å². The molecule has 7 nitrogen and oxygen atoms in total. The molecule has 1 saturated carbocycles. The average molecular weight is 326 g/mol. The van der Waals surface area contributed by atoms with E-state index in [4.69, 9.17) is 0 Å². The second kappa shape index (κ2) is 6.68.